The van der Waals surface area contributed by atoms with Crippen LogP contribution in [-0.2, 0) is 10.4 Å². The maximum absolute atomic E-state index is 13.6. The van der Waals surface area contributed by atoms with Gasteiger partial charge in [-0.15, -0.1) is 0 Å². The summed E-state index contributed by atoms with van der Waals surface area (Å²) >= 11 is 0. The third-order valence-corrected chi connectivity index (χ3v) is 6.18. The maximum Gasteiger partial charge on any atom is 0.430 e. The summed E-state index contributed by atoms with van der Waals surface area (Å²) in [6.45, 7) is 4.35. The van der Waals surface area contributed by atoms with E-state index in [2.05, 4.69) is 14.9 Å². The Labute approximate surface area is 200 Å². The van der Waals surface area contributed by atoms with Crippen LogP contribution >= 0.6 is 0 Å². The number of hydrogen-bond acceptors (Lipinski definition) is 7. The minimum atomic E-state index is -5.30. The van der Waals surface area contributed by atoms with E-state index in [1.165, 1.54) is 12.3 Å². The van der Waals surface area contributed by atoms with Crippen molar-refractivity contribution in [1.82, 2.24) is 9.97 Å². The lowest BCUT2D eigenvalue weighted by molar-refractivity contribution is -0.255. The van der Waals surface area contributed by atoms with Gasteiger partial charge in [0.25, 0.3) is 11.5 Å². The van der Waals surface area contributed by atoms with Gasteiger partial charge in [-0.2, -0.15) is 13.2 Å². The molecule has 1 aliphatic heterocycles. The van der Waals surface area contributed by atoms with Gasteiger partial charge >= 0.3 is 6.18 Å². The van der Waals surface area contributed by atoms with Gasteiger partial charge in [0.15, 0.2) is 11.6 Å². The number of nitrogens with two attached hydrogens (primary N) is 2. The monoisotopic (exact) mass is 486 g/mol. The molecule has 35 heavy (non-hydrogen) atoms. The number of anilines is 3. The Hall–Kier alpha value is -3.86. The molecule has 2 aromatic carbocycles. The summed E-state index contributed by atoms with van der Waals surface area (Å²) in [5.74, 6) is -1.30. The summed E-state index contributed by atoms with van der Waals surface area (Å²) in [4.78, 5) is 24.6. The van der Waals surface area contributed by atoms with Gasteiger partial charge in [-0.1, -0.05) is 30.3 Å². The number of primary amides is 1. The number of aliphatic hydroxyl groups is 1. The minimum Gasteiger partial charge on any atom is -0.381 e. The lowest BCUT2D eigenvalue weighted by Crippen LogP contribution is -2.52. The topological polar surface area (TPSA) is 122 Å². The van der Waals surface area contributed by atoms with Crippen molar-refractivity contribution in [3.8, 4) is 11.3 Å². The minimum absolute atomic E-state index is 0.194. The van der Waals surface area contributed by atoms with E-state index in [0.717, 1.165) is 30.9 Å². The molecule has 5 N–H and O–H groups in total. The van der Waals surface area contributed by atoms with Crippen molar-refractivity contribution in [2.75, 3.05) is 41.7 Å². The third-order valence-electron chi connectivity index (χ3n) is 6.18. The molecule has 4 rings (SSSR count). The van der Waals surface area contributed by atoms with Crippen LogP contribution in [0.3, 0.4) is 0 Å². The van der Waals surface area contributed by atoms with Crippen LogP contribution in [0.1, 0.15) is 11.1 Å². The summed E-state index contributed by atoms with van der Waals surface area (Å²) in [6.07, 6.45) is -3.95. The first-order valence-electron chi connectivity index (χ1n) is 10.9. The highest BCUT2D eigenvalue weighted by atomic mass is 19.4. The van der Waals surface area contributed by atoms with E-state index < -0.39 is 23.2 Å². The number of piperazine rings is 1. The molecule has 1 unspecified atom stereocenters. The molecule has 1 aromatic heterocycles. The van der Waals surface area contributed by atoms with Crippen molar-refractivity contribution in [1.29, 1.82) is 0 Å². The van der Waals surface area contributed by atoms with Crippen LogP contribution in [0, 0.1) is 6.92 Å². The van der Waals surface area contributed by atoms with E-state index in [1.807, 2.05) is 35.2 Å². The molecule has 1 amide bonds. The Morgan fingerprint density at radius 2 is 1.66 bits per heavy atom. The summed E-state index contributed by atoms with van der Waals surface area (Å²) in [5, 5.41) is 10.2. The molecule has 11 heteroatoms. The fourth-order valence-corrected chi connectivity index (χ4v) is 4.14. The number of carbonyl (C=O) groups excluding carboxylic acids is 1. The van der Waals surface area contributed by atoms with Crippen molar-refractivity contribution < 1.29 is 23.1 Å². The predicted molar refractivity (Wildman–Crippen MR) is 127 cm³/mol. The number of aromatic nitrogens is 2. The van der Waals surface area contributed by atoms with E-state index in [0.29, 0.717) is 24.5 Å². The molecule has 0 spiro atoms. The van der Waals surface area contributed by atoms with E-state index in [9.17, 15) is 23.1 Å². The highest BCUT2D eigenvalue weighted by Gasteiger charge is 2.60. The van der Waals surface area contributed by atoms with Crippen molar-refractivity contribution >= 4 is 23.2 Å². The van der Waals surface area contributed by atoms with Crippen LogP contribution in [0.4, 0.5) is 30.5 Å². The maximum atomic E-state index is 13.6. The Balaban J connectivity index is 1.65. The molecule has 0 saturated carbocycles. The highest BCUT2D eigenvalue weighted by Crippen LogP contribution is 2.40. The molecule has 1 fully saturated rings. The SMILES string of the molecule is Cc1ccc(C(O)(C(N)=O)C(F)(F)F)cc1-c1cnc(N)c(N2CCN(c3ccccc3)CC2)n1. The molecule has 0 radical (unpaired) electrons. The number of hydrogen-bond donors (Lipinski definition) is 3. The molecule has 1 aliphatic rings. The fourth-order valence-electron chi connectivity index (χ4n) is 4.14. The number of aryl methyl sites for hydroxylation is 1. The number of alkyl halides is 3. The third kappa shape index (κ3) is 4.46. The first-order chi connectivity index (χ1) is 16.5. The largest absolute Gasteiger partial charge is 0.430 e. The van der Waals surface area contributed by atoms with E-state index in [1.54, 1.807) is 6.92 Å². The smallest absolute Gasteiger partial charge is 0.381 e. The summed E-state index contributed by atoms with van der Waals surface area (Å²) in [5.41, 5.74) is 8.71. The molecular formula is C24H25F3N6O2. The second-order valence-corrected chi connectivity index (χ2v) is 8.38. The second kappa shape index (κ2) is 9.06. The van der Waals surface area contributed by atoms with Crippen LogP contribution in [0.5, 0.6) is 0 Å². The van der Waals surface area contributed by atoms with Crippen LogP contribution < -0.4 is 21.3 Å². The van der Waals surface area contributed by atoms with Gasteiger partial charge in [0.05, 0.1) is 11.9 Å². The standard InChI is InChI=1S/C24H25F3N6O2/c1-15-7-8-16(23(35,22(29)34)24(25,26)27)13-18(15)19-14-30-20(28)21(31-19)33-11-9-32(10-12-33)17-5-3-2-4-6-17/h2-8,13-14,35H,9-12H2,1H3,(H2,28,30)(H2,29,34). The fraction of sp³-hybridized carbons (Fsp3) is 0.292. The summed E-state index contributed by atoms with van der Waals surface area (Å²) in [7, 11) is 0. The average molecular weight is 486 g/mol. The molecule has 1 saturated heterocycles. The number of benzene rings is 2. The lowest BCUT2D eigenvalue weighted by Gasteiger charge is -2.37. The summed E-state index contributed by atoms with van der Waals surface area (Å²) in [6, 6.07) is 13.4. The van der Waals surface area contributed by atoms with E-state index in [4.69, 9.17) is 11.5 Å². The molecule has 3 aromatic rings. The van der Waals surface area contributed by atoms with Crippen molar-refractivity contribution in [3.63, 3.8) is 0 Å². The summed E-state index contributed by atoms with van der Waals surface area (Å²) < 4.78 is 40.8. The van der Waals surface area contributed by atoms with Gasteiger partial charge in [0.2, 0.25) is 0 Å². The molecule has 1 atom stereocenters. The van der Waals surface area contributed by atoms with Gasteiger partial charge in [-0.3, -0.25) is 4.79 Å². The zero-order valence-electron chi connectivity index (χ0n) is 19.0. The number of nitrogen functional groups attached to an aromatic ring is 1. The van der Waals surface area contributed by atoms with E-state index in [-0.39, 0.29) is 17.1 Å². The normalized spacial score (nSPS) is 16.1. The average Bonchev–Trinajstić information content (AvgIpc) is 2.84. The molecule has 8 nitrogen and oxygen atoms in total. The Kier molecular flexibility index (Phi) is 6.28. The predicted octanol–water partition coefficient (Wildman–Crippen LogP) is 2.60. The Bertz CT molecular complexity index is 1230. The Morgan fingerprint density at radius 3 is 2.26 bits per heavy atom. The number of rotatable bonds is 5. The second-order valence-electron chi connectivity index (χ2n) is 8.38. The van der Waals surface area contributed by atoms with Crippen LogP contribution in [0.2, 0.25) is 0 Å². The number of nitrogens with zero attached hydrogens (tertiary/aromatic N) is 4. The molecule has 2 heterocycles. The van der Waals surface area contributed by atoms with Crippen LogP contribution in [0.25, 0.3) is 11.3 Å². The number of carbonyl (C=O) groups is 1. The first-order valence-corrected chi connectivity index (χ1v) is 10.9. The van der Waals surface area contributed by atoms with Crippen molar-refractivity contribution in [2.24, 2.45) is 5.73 Å². The Morgan fingerprint density at radius 1 is 1.03 bits per heavy atom. The lowest BCUT2D eigenvalue weighted by atomic mass is 9.89. The number of halogens is 3. The van der Waals surface area contributed by atoms with Crippen LogP contribution in [0.15, 0.2) is 54.7 Å². The quantitative estimate of drug-likeness (QED) is 0.507. The van der Waals surface area contributed by atoms with E-state index >= 15 is 0 Å². The van der Waals surface area contributed by atoms with Gasteiger partial charge in [-0.05, 0) is 30.7 Å². The van der Waals surface area contributed by atoms with Gasteiger partial charge in [-0.25, -0.2) is 9.97 Å². The van der Waals surface area contributed by atoms with Gasteiger partial charge in [0.1, 0.15) is 0 Å². The zero-order chi connectivity index (χ0) is 25.4. The van der Waals surface area contributed by atoms with Crippen LogP contribution in [-0.4, -0.2) is 53.3 Å². The van der Waals surface area contributed by atoms with Gasteiger partial charge in [0, 0.05) is 43.0 Å². The van der Waals surface area contributed by atoms with Gasteiger partial charge < -0.3 is 26.4 Å². The number of amides is 1. The molecule has 184 valence electrons. The first kappa shape index (κ1) is 24.3. The zero-order valence-corrected chi connectivity index (χ0v) is 19.0. The molecule has 0 aliphatic carbocycles. The van der Waals surface area contributed by atoms with Crippen molar-refractivity contribution in [3.05, 3.63) is 65.9 Å². The number of para-hydroxylation sites is 1. The van der Waals surface area contributed by atoms with Crippen molar-refractivity contribution in [2.45, 2.75) is 18.7 Å². The highest BCUT2D eigenvalue weighted by molar-refractivity contribution is 5.86. The molecular weight excluding hydrogens is 461 g/mol. The molecule has 0 bridgehead atoms.